The van der Waals surface area contributed by atoms with E-state index in [1.54, 1.807) is 12.3 Å². The number of para-hydroxylation sites is 1. The van der Waals surface area contributed by atoms with E-state index < -0.39 is 0 Å². The zero-order valence-corrected chi connectivity index (χ0v) is 14.3. The summed E-state index contributed by atoms with van der Waals surface area (Å²) >= 11 is 0. The first-order valence-corrected chi connectivity index (χ1v) is 8.68. The molecule has 26 heavy (non-hydrogen) atoms. The van der Waals surface area contributed by atoms with E-state index in [0.29, 0.717) is 18.0 Å². The highest BCUT2D eigenvalue weighted by atomic mass is 16.5. The average molecular weight is 345 g/mol. The second-order valence-corrected chi connectivity index (χ2v) is 6.36. The van der Waals surface area contributed by atoms with Crippen molar-refractivity contribution in [1.82, 2.24) is 15.1 Å². The highest BCUT2D eigenvalue weighted by Gasteiger charge is 2.28. The summed E-state index contributed by atoms with van der Waals surface area (Å²) in [6.07, 6.45) is 4.01. The summed E-state index contributed by atoms with van der Waals surface area (Å²) < 4.78 is 5.93. The van der Waals surface area contributed by atoms with E-state index in [2.05, 4.69) is 22.3 Å². The number of nitrogens with zero attached hydrogens (tertiary/aromatic N) is 3. The molecule has 1 amide bonds. The second-order valence-electron chi connectivity index (χ2n) is 6.36. The standard InChI is InChI=1S/C21H19N3O2/c25-21(17-9-11-22-23-14-17)24-12-10-18(15-24)16-5-4-8-20(13-16)26-19-6-2-1-3-7-19/h1-9,11,13-14,18H,10,12,15H2. The van der Waals surface area contributed by atoms with E-state index in [1.807, 2.05) is 47.4 Å². The van der Waals surface area contributed by atoms with Crippen LogP contribution in [0.1, 0.15) is 28.3 Å². The van der Waals surface area contributed by atoms with Crippen molar-refractivity contribution in [3.8, 4) is 11.5 Å². The van der Waals surface area contributed by atoms with Crippen LogP contribution in [0.3, 0.4) is 0 Å². The van der Waals surface area contributed by atoms with Gasteiger partial charge in [0.2, 0.25) is 0 Å². The van der Waals surface area contributed by atoms with Crippen molar-refractivity contribution < 1.29 is 9.53 Å². The largest absolute Gasteiger partial charge is 0.457 e. The van der Waals surface area contributed by atoms with Crippen molar-refractivity contribution in [2.75, 3.05) is 13.1 Å². The fraction of sp³-hybridized carbons (Fsp3) is 0.190. The molecular formula is C21H19N3O2. The van der Waals surface area contributed by atoms with Crippen molar-refractivity contribution in [3.63, 3.8) is 0 Å². The maximum Gasteiger partial charge on any atom is 0.255 e. The summed E-state index contributed by atoms with van der Waals surface area (Å²) in [5, 5.41) is 7.52. The van der Waals surface area contributed by atoms with Crippen LogP contribution >= 0.6 is 0 Å². The smallest absolute Gasteiger partial charge is 0.255 e. The van der Waals surface area contributed by atoms with Gasteiger partial charge in [-0.15, -0.1) is 0 Å². The number of carbonyl (C=O) groups excluding carboxylic acids is 1. The molecule has 1 aromatic heterocycles. The van der Waals surface area contributed by atoms with Crippen LogP contribution in [0.5, 0.6) is 11.5 Å². The van der Waals surface area contributed by atoms with Crippen LogP contribution in [0.15, 0.2) is 73.1 Å². The molecule has 1 atom stereocenters. The van der Waals surface area contributed by atoms with E-state index in [1.165, 1.54) is 11.8 Å². The van der Waals surface area contributed by atoms with Gasteiger partial charge in [0.25, 0.3) is 5.91 Å². The van der Waals surface area contributed by atoms with Crippen LogP contribution in [0, 0.1) is 0 Å². The molecule has 1 saturated heterocycles. The Morgan fingerprint density at radius 2 is 1.85 bits per heavy atom. The minimum absolute atomic E-state index is 0.0130. The van der Waals surface area contributed by atoms with Crippen LogP contribution in [-0.2, 0) is 0 Å². The Labute approximate surface area is 152 Å². The number of ether oxygens (including phenoxy) is 1. The zero-order chi connectivity index (χ0) is 17.8. The first kappa shape index (κ1) is 16.3. The summed E-state index contributed by atoms with van der Waals surface area (Å²) in [4.78, 5) is 14.4. The molecule has 1 unspecified atom stereocenters. The van der Waals surface area contributed by atoms with Crippen LogP contribution in [-0.4, -0.2) is 34.1 Å². The lowest BCUT2D eigenvalue weighted by Gasteiger charge is -2.17. The van der Waals surface area contributed by atoms with E-state index in [0.717, 1.165) is 24.5 Å². The number of benzene rings is 2. The number of hydrogen-bond acceptors (Lipinski definition) is 4. The highest BCUT2D eigenvalue weighted by molar-refractivity contribution is 5.94. The first-order valence-electron chi connectivity index (χ1n) is 8.68. The summed E-state index contributed by atoms with van der Waals surface area (Å²) in [6.45, 7) is 1.45. The number of hydrogen-bond donors (Lipinski definition) is 0. The van der Waals surface area contributed by atoms with Crippen molar-refractivity contribution in [3.05, 3.63) is 84.2 Å². The molecule has 0 saturated carbocycles. The van der Waals surface area contributed by atoms with Gasteiger partial charge in [0, 0.05) is 19.0 Å². The third-order valence-electron chi connectivity index (χ3n) is 4.62. The minimum atomic E-state index is 0.0130. The number of aromatic nitrogens is 2. The predicted molar refractivity (Wildman–Crippen MR) is 98.3 cm³/mol. The Hall–Kier alpha value is -3.21. The number of amides is 1. The third-order valence-corrected chi connectivity index (χ3v) is 4.62. The molecule has 130 valence electrons. The van der Waals surface area contributed by atoms with Crippen LogP contribution in [0.2, 0.25) is 0 Å². The SMILES string of the molecule is O=C(c1ccnnc1)N1CCC(c2cccc(Oc3ccccc3)c2)C1. The van der Waals surface area contributed by atoms with Crippen molar-refractivity contribution in [2.24, 2.45) is 0 Å². The molecule has 1 fully saturated rings. The van der Waals surface area contributed by atoms with Crippen molar-refractivity contribution in [1.29, 1.82) is 0 Å². The Kier molecular flexibility index (Phi) is 4.60. The quantitative estimate of drug-likeness (QED) is 0.720. The van der Waals surface area contributed by atoms with Crippen molar-refractivity contribution >= 4 is 5.91 Å². The maximum absolute atomic E-state index is 12.6. The van der Waals surface area contributed by atoms with Gasteiger partial charge in [-0.1, -0.05) is 30.3 Å². The van der Waals surface area contributed by atoms with Crippen LogP contribution in [0.25, 0.3) is 0 Å². The summed E-state index contributed by atoms with van der Waals surface area (Å²) in [7, 11) is 0. The van der Waals surface area contributed by atoms with Gasteiger partial charge in [-0.05, 0) is 42.3 Å². The molecule has 2 aromatic carbocycles. The van der Waals surface area contributed by atoms with Gasteiger partial charge in [0.05, 0.1) is 18.0 Å². The molecule has 5 nitrogen and oxygen atoms in total. The Morgan fingerprint density at radius 1 is 1.00 bits per heavy atom. The fourth-order valence-corrected chi connectivity index (χ4v) is 3.27. The summed E-state index contributed by atoms with van der Waals surface area (Å²) in [6, 6.07) is 19.6. The molecule has 2 heterocycles. The summed E-state index contributed by atoms with van der Waals surface area (Å²) in [5.41, 5.74) is 1.78. The molecule has 0 bridgehead atoms. The van der Waals surface area contributed by atoms with E-state index in [4.69, 9.17) is 4.74 Å². The molecule has 0 radical (unpaired) electrons. The monoisotopic (exact) mass is 345 g/mol. The molecular weight excluding hydrogens is 326 g/mol. The van der Waals surface area contributed by atoms with E-state index in [-0.39, 0.29) is 5.91 Å². The minimum Gasteiger partial charge on any atom is -0.457 e. The topological polar surface area (TPSA) is 55.3 Å². The lowest BCUT2D eigenvalue weighted by Crippen LogP contribution is -2.28. The van der Waals surface area contributed by atoms with Gasteiger partial charge in [0.15, 0.2) is 0 Å². The zero-order valence-electron chi connectivity index (χ0n) is 14.3. The summed E-state index contributed by atoms with van der Waals surface area (Å²) in [5.74, 6) is 1.96. The third kappa shape index (κ3) is 3.57. The van der Waals surface area contributed by atoms with E-state index in [9.17, 15) is 4.79 Å². The highest BCUT2D eigenvalue weighted by Crippen LogP contribution is 2.31. The lowest BCUT2D eigenvalue weighted by molar-refractivity contribution is 0.0790. The average Bonchev–Trinajstić information content (AvgIpc) is 3.19. The van der Waals surface area contributed by atoms with E-state index >= 15 is 0 Å². The first-order chi connectivity index (χ1) is 12.8. The van der Waals surface area contributed by atoms with Gasteiger partial charge in [-0.2, -0.15) is 10.2 Å². The predicted octanol–water partition coefficient (Wildman–Crippen LogP) is 3.90. The lowest BCUT2D eigenvalue weighted by atomic mass is 9.98. The van der Waals surface area contributed by atoms with Crippen LogP contribution < -0.4 is 4.74 Å². The Balaban J connectivity index is 1.45. The molecule has 5 heteroatoms. The number of likely N-dealkylation sites (tertiary alicyclic amines) is 1. The maximum atomic E-state index is 12.6. The normalized spacial score (nSPS) is 16.5. The van der Waals surface area contributed by atoms with Crippen molar-refractivity contribution in [2.45, 2.75) is 12.3 Å². The second kappa shape index (κ2) is 7.35. The number of carbonyl (C=O) groups is 1. The van der Waals surface area contributed by atoms with Gasteiger partial charge in [-0.3, -0.25) is 4.79 Å². The van der Waals surface area contributed by atoms with Crippen LogP contribution in [0.4, 0.5) is 0 Å². The molecule has 1 aliphatic rings. The molecule has 0 N–H and O–H groups in total. The van der Waals surface area contributed by atoms with Gasteiger partial charge >= 0.3 is 0 Å². The molecule has 0 spiro atoms. The number of rotatable bonds is 4. The Morgan fingerprint density at radius 3 is 2.65 bits per heavy atom. The van der Waals surface area contributed by atoms with Gasteiger partial charge < -0.3 is 9.64 Å². The molecule has 4 rings (SSSR count). The van der Waals surface area contributed by atoms with Gasteiger partial charge in [-0.25, -0.2) is 0 Å². The molecule has 3 aromatic rings. The Bertz CT molecular complexity index is 884. The fourth-order valence-electron chi connectivity index (χ4n) is 3.27. The molecule has 0 aliphatic carbocycles. The molecule has 1 aliphatic heterocycles. The van der Waals surface area contributed by atoms with Gasteiger partial charge in [0.1, 0.15) is 11.5 Å².